The van der Waals surface area contributed by atoms with Crippen LogP contribution in [0.2, 0.25) is 0 Å². The molecule has 74 valence electrons. The summed E-state index contributed by atoms with van der Waals surface area (Å²) in [7, 11) is 0. The number of amides is 1. The van der Waals surface area contributed by atoms with Crippen LogP contribution in [0.15, 0.2) is 23.1 Å². The summed E-state index contributed by atoms with van der Waals surface area (Å²) in [5.41, 5.74) is 0.587. The maximum absolute atomic E-state index is 12.9. The minimum absolute atomic E-state index is 0.0469. The molecule has 1 amide bonds. The zero-order valence-electron chi connectivity index (χ0n) is 7.71. The second-order valence-corrected chi connectivity index (χ2v) is 4.80. The first-order valence-electron chi connectivity index (χ1n) is 4.41. The van der Waals surface area contributed by atoms with E-state index in [0.29, 0.717) is 12.1 Å². The largest absolute Gasteiger partial charge is 0.325 e. The molecule has 0 aliphatic carbocycles. The van der Waals surface area contributed by atoms with Crippen molar-refractivity contribution >= 4 is 23.4 Å². The van der Waals surface area contributed by atoms with Crippen molar-refractivity contribution in [1.29, 1.82) is 0 Å². The predicted octanol–water partition coefficient (Wildman–Crippen LogP) is 2.65. The van der Waals surface area contributed by atoms with Crippen LogP contribution in [0.3, 0.4) is 0 Å². The third kappa shape index (κ3) is 1.90. The molecule has 0 radical (unpaired) electrons. The summed E-state index contributed by atoms with van der Waals surface area (Å²) in [6.07, 6.45) is 0.473. The molecule has 1 aliphatic rings. The zero-order chi connectivity index (χ0) is 10.1. The minimum atomic E-state index is -0.320. The van der Waals surface area contributed by atoms with Gasteiger partial charge in [0.15, 0.2) is 0 Å². The highest BCUT2D eigenvalue weighted by Crippen LogP contribution is 2.34. The molecule has 0 saturated heterocycles. The molecule has 4 heteroatoms. The van der Waals surface area contributed by atoms with Gasteiger partial charge in [0, 0.05) is 16.6 Å². The van der Waals surface area contributed by atoms with Crippen LogP contribution in [0, 0.1) is 5.82 Å². The number of thioether (sulfide) groups is 1. The molecule has 1 heterocycles. The van der Waals surface area contributed by atoms with Gasteiger partial charge in [-0.2, -0.15) is 0 Å². The van der Waals surface area contributed by atoms with E-state index in [0.717, 1.165) is 4.90 Å². The molecule has 0 spiro atoms. The summed E-state index contributed by atoms with van der Waals surface area (Å²) >= 11 is 1.60. The number of hydrogen-bond donors (Lipinski definition) is 1. The average Bonchev–Trinajstić information content (AvgIpc) is 2.21. The Kier molecular flexibility index (Phi) is 2.46. The molecular formula is C10H10FNOS. The Morgan fingerprint density at radius 2 is 2.36 bits per heavy atom. The molecule has 2 nitrogen and oxygen atoms in total. The highest BCUT2D eigenvalue weighted by Gasteiger charge is 2.18. The highest BCUT2D eigenvalue weighted by atomic mass is 32.2. The van der Waals surface area contributed by atoms with Crippen LogP contribution in [-0.2, 0) is 4.79 Å². The van der Waals surface area contributed by atoms with Crippen molar-refractivity contribution in [3.63, 3.8) is 0 Å². The van der Waals surface area contributed by atoms with Gasteiger partial charge in [-0.3, -0.25) is 4.79 Å². The maximum Gasteiger partial charge on any atom is 0.225 e. The van der Waals surface area contributed by atoms with E-state index in [4.69, 9.17) is 0 Å². The van der Waals surface area contributed by atoms with Gasteiger partial charge >= 0.3 is 0 Å². The summed E-state index contributed by atoms with van der Waals surface area (Å²) in [6, 6.07) is 4.48. The second kappa shape index (κ2) is 3.61. The van der Waals surface area contributed by atoms with Gasteiger partial charge in [0.1, 0.15) is 5.82 Å². The van der Waals surface area contributed by atoms with E-state index in [1.807, 2.05) is 6.92 Å². The molecule has 1 unspecified atom stereocenters. The summed E-state index contributed by atoms with van der Waals surface area (Å²) in [5.74, 6) is -0.367. The van der Waals surface area contributed by atoms with Crippen LogP contribution in [0.5, 0.6) is 0 Å². The van der Waals surface area contributed by atoms with Crippen molar-refractivity contribution in [2.75, 3.05) is 5.32 Å². The number of anilines is 1. The van der Waals surface area contributed by atoms with Gasteiger partial charge in [0.2, 0.25) is 5.91 Å². The SMILES string of the molecule is CC1CC(=O)Nc2cc(F)ccc2S1. The fourth-order valence-electron chi connectivity index (χ4n) is 1.42. The zero-order valence-corrected chi connectivity index (χ0v) is 8.53. The molecule has 0 fully saturated rings. The van der Waals surface area contributed by atoms with Crippen LogP contribution < -0.4 is 5.32 Å². The molecule has 1 N–H and O–H groups in total. The molecule has 1 aliphatic heterocycles. The standard InChI is InChI=1S/C10H10FNOS/c1-6-4-10(13)12-8-5-7(11)2-3-9(8)14-6/h2-3,5-6H,4H2,1H3,(H,12,13). The van der Waals surface area contributed by atoms with Crippen molar-refractivity contribution in [1.82, 2.24) is 0 Å². The first-order chi connectivity index (χ1) is 6.65. The summed E-state index contributed by atoms with van der Waals surface area (Å²) in [4.78, 5) is 12.3. The Balaban J connectivity index is 2.41. The third-order valence-corrected chi connectivity index (χ3v) is 3.20. The molecule has 0 saturated carbocycles. The van der Waals surface area contributed by atoms with Gasteiger partial charge in [-0.05, 0) is 18.2 Å². The lowest BCUT2D eigenvalue weighted by molar-refractivity contribution is -0.116. The molecule has 1 atom stereocenters. The number of rotatable bonds is 0. The molecule has 0 aromatic heterocycles. The van der Waals surface area contributed by atoms with Crippen LogP contribution in [0.4, 0.5) is 10.1 Å². The maximum atomic E-state index is 12.9. The Hall–Kier alpha value is -1.03. The second-order valence-electron chi connectivity index (χ2n) is 3.32. The Morgan fingerprint density at radius 3 is 3.14 bits per heavy atom. The van der Waals surface area contributed by atoms with Crippen LogP contribution >= 0.6 is 11.8 Å². The van der Waals surface area contributed by atoms with Crippen molar-refractivity contribution in [3.8, 4) is 0 Å². The van der Waals surface area contributed by atoms with Crippen LogP contribution in [0.1, 0.15) is 13.3 Å². The van der Waals surface area contributed by atoms with Gasteiger partial charge in [-0.15, -0.1) is 11.8 Å². The number of halogens is 1. The first-order valence-corrected chi connectivity index (χ1v) is 5.29. The van der Waals surface area contributed by atoms with E-state index in [2.05, 4.69) is 5.32 Å². The molecule has 1 aromatic rings. The van der Waals surface area contributed by atoms with Crippen molar-refractivity contribution in [2.45, 2.75) is 23.5 Å². The Labute approximate surface area is 85.9 Å². The smallest absolute Gasteiger partial charge is 0.225 e. The molecule has 1 aromatic carbocycles. The molecular weight excluding hydrogens is 201 g/mol. The van der Waals surface area contributed by atoms with E-state index in [1.54, 1.807) is 17.8 Å². The third-order valence-electron chi connectivity index (χ3n) is 2.02. The van der Waals surface area contributed by atoms with Crippen LogP contribution in [0.25, 0.3) is 0 Å². The number of carbonyl (C=O) groups is 1. The van der Waals surface area contributed by atoms with Gasteiger partial charge in [0.25, 0.3) is 0 Å². The lowest BCUT2D eigenvalue weighted by atomic mass is 10.3. The topological polar surface area (TPSA) is 29.1 Å². The predicted molar refractivity (Wildman–Crippen MR) is 55.0 cm³/mol. The molecule has 0 bridgehead atoms. The number of fused-ring (bicyclic) bond motifs is 1. The van der Waals surface area contributed by atoms with E-state index in [9.17, 15) is 9.18 Å². The fourth-order valence-corrected chi connectivity index (χ4v) is 2.48. The number of carbonyl (C=O) groups excluding carboxylic acids is 1. The average molecular weight is 211 g/mol. The first kappa shape index (κ1) is 9.52. The Bertz CT molecular complexity index is 380. The summed E-state index contributed by atoms with van der Waals surface area (Å²) in [6.45, 7) is 1.99. The number of benzene rings is 1. The molecule has 14 heavy (non-hydrogen) atoms. The fraction of sp³-hybridized carbons (Fsp3) is 0.300. The lowest BCUT2D eigenvalue weighted by Crippen LogP contribution is -2.13. The van der Waals surface area contributed by atoms with Crippen molar-refractivity contribution < 1.29 is 9.18 Å². The van der Waals surface area contributed by atoms with Gasteiger partial charge < -0.3 is 5.32 Å². The normalized spacial score (nSPS) is 21.0. The number of nitrogens with one attached hydrogen (secondary N) is 1. The number of hydrogen-bond acceptors (Lipinski definition) is 2. The van der Waals surface area contributed by atoms with Crippen LogP contribution in [-0.4, -0.2) is 11.2 Å². The highest BCUT2D eigenvalue weighted by molar-refractivity contribution is 8.00. The van der Waals surface area contributed by atoms with Crippen molar-refractivity contribution in [3.05, 3.63) is 24.0 Å². The molecule has 2 rings (SSSR count). The minimum Gasteiger partial charge on any atom is -0.325 e. The Morgan fingerprint density at radius 1 is 1.57 bits per heavy atom. The van der Waals surface area contributed by atoms with E-state index < -0.39 is 0 Å². The van der Waals surface area contributed by atoms with E-state index in [1.165, 1.54) is 12.1 Å². The van der Waals surface area contributed by atoms with Crippen molar-refractivity contribution in [2.24, 2.45) is 0 Å². The summed E-state index contributed by atoms with van der Waals surface area (Å²) < 4.78 is 12.9. The lowest BCUT2D eigenvalue weighted by Gasteiger charge is -2.06. The van der Waals surface area contributed by atoms with Gasteiger partial charge in [-0.1, -0.05) is 6.92 Å². The van der Waals surface area contributed by atoms with Gasteiger partial charge in [-0.25, -0.2) is 4.39 Å². The quantitative estimate of drug-likeness (QED) is 0.714. The van der Waals surface area contributed by atoms with Gasteiger partial charge in [0.05, 0.1) is 5.69 Å². The monoisotopic (exact) mass is 211 g/mol. The van der Waals surface area contributed by atoms with E-state index >= 15 is 0 Å². The van der Waals surface area contributed by atoms with E-state index in [-0.39, 0.29) is 17.0 Å². The summed E-state index contributed by atoms with van der Waals surface area (Å²) in [5, 5.41) is 2.93.